The predicted molar refractivity (Wildman–Crippen MR) is 88.3 cm³/mol. The van der Waals surface area contributed by atoms with Gasteiger partial charge >= 0.3 is 0 Å². The summed E-state index contributed by atoms with van der Waals surface area (Å²) in [6.07, 6.45) is 6.84. The van der Waals surface area contributed by atoms with E-state index < -0.39 is 0 Å². The molecule has 1 unspecified atom stereocenters. The van der Waals surface area contributed by atoms with E-state index in [-0.39, 0.29) is 6.10 Å². The van der Waals surface area contributed by atoms with E-state index >= 15 is 0 Å². The molecule has 0 spiro atoms. The summed E-state index contributed by atoms with van der Waals surface area (Å²) in [5.41, 5.74) is 4.22. The molecule has 4 heteroatoms. The fourth-order valence-corrected chi connectivity index (χ4v) is 3.07. The highest BCUT2D eigenvalue weighted by Crippen LogP contribution is 2.41. The van der Waals surface area contributed by atoms with Crippen molar-refractivity contribution in [3.63, 3.8) is 0 Å². The number of aromatic nitrogens is 3. The molecule has 2 saturated carbocycles. The summed E-state index contributed by atoms with van der Waals surface area (Å²) in [5, 5.41) is 0. The first-order valence-corrected chi connectivity index (χ1v) is 8.43. The third-order valence-electron chi connectivity index (χ3n) is 4.62. The van der Waals surface area contributed by atoms with Crippen LogP contribution in [0.1, 0.15) is 54.8 Å². The van der Waals surface area contributed by atoms with Crippen molar-refractivity contribution in [3.05, 3.63) is 59.7 Å². The maximum atomic E-state index is 6.31. The van der Waals surface area contributed by atoms with Crippen molar-refractivity contribution in [2.45, 2.75) is 43.8 Å². The van der Waals surface area contributed by atoms with Gasteiger partial charge in [0.1, 0.15) is 11.9 Å². The molecule has 0 aliphatic heterocycles. The van der Waals surface area contributed by atoms with E-state index in [4.69, 9.17) is 9.72 Å². The number of para-hydroxylation sites is 1. The van der Waals surface area contributed by atoms with Crippen LogP contribution in [-0.2, 0) is 4.74 Å². The summed E-state index contributed by atoms with van der Waals surface area (Å²) in [6, 6.07) is 12.3. The molecule has 23 heavy (non-hydrogen) atoms. The molecule has 116 valence electrons. The van der Waals surface area contributed by atoms with Gasteiger partial charge in [-0.1, -0.05) is 18.2 Å². The third kappa shape index (κ3) is 2.53. The number of nitrogens with zero attached hydrogens (tertiary/aromatic N) is 2. The number of hydrogen-bond donors (Lipinski definition) is 1. The number of H-pyrrole nitrogens is 1. The fourth-order valence-electron chi connectivity index (χ4n) is 3.07. The Bertz CT molecular complexity index is 834. The molecule has 1 aromatic carbocycles. The zero-order valence-electron chi connectivity index (χ0n) is 12.9. The van der Waals surface area contributed by atoms with E-state index in [0.29, 0.717) is 12.0 Å². The molecule has 4 nitrogen and oxygen atoms in total. The number of rotatable bonds is 5. The van der Waals surface area contributed by atoms with E-state index in [1.165, 1.54) is 12.8 Å². The van der Waals surface area contributed by atoms with Crippen LogP contribution in [-0.4, -0.2) is 21.1 Å². The van der Waals surface area contributed by atoms with Gasteiger partial charge in [0.15, 0.2) is 0 Å². The predicted octanol–water partition coefficient (Wildman–Crippen LogP) is 4.10. The average molecular weight is 305 g/mol. The van der Waals surface area contributed by atoms with Gasteiger partial charge in [0.05, 0.1) is 22.8 Å². The Balaban J connectivity index is 1.62. The van der Waals surface area contributed by atoms with Gasteiger partial charge in [0.25, 0.3) is 0 Å². The van der Waals surface area contributed by atoms with Crippen molar-refractivity contribution in [2.75, 3.05) is 0 Å². The lowest BCUT2D eigenvalue weighted by Gasteiger charge is -2.18. The van der Waals surface area contributed by atoms with E-state index in [1.54, 1.807) is 0 Å². The first kappa shape index (κ1) is 13.3. The van der Waals surface area contributed by atoms with Crippen molar-refractivity contribution in [1.29, 1.82) is 0 Å². The normalized spacial score (nSPS) is 19.1. The van der Waals surface area contributed by atoms with Gasteiger partial charge in [-0.15, -0.1) is 0 Å². The summed E-state index contributed by atoms with van der Waals surface area (Å²) in [6.45, 7) is 0. The van der Waals surface area contributed by atoms with Crippen LogP contribution < -0.4 is 0 Å². The minimum absolute atomic E-state index is 0.136. The molecule has 5 rings (SSSR count). The van der Waals surface area contributed by atoms with Gasteiger partial charge in [-0.2, -0.15) is 0 Å². The average Bonchev–Trinajstić information content (AvgIpc) is 3.51. The van der Waals surface area contributed by atoms with Crippen molar-refractivity contribution < 1.29 is 4.74 Å². The molecule has 2 aliphatic carbocycles. The Morgan fingerprint density at radius 2 is 1.96 bits per heavy atom. The Morgan fingerprint density at radius 1 is 1.04 bits per heavy atom. The Hall–Kier alpha value is -2.20. The summed E-state index contributed by atoms with van der Waals surface area (Å²) in [7, 11) is 0. The number of pyridine rings is 1. The number of imidazole rings is 1. The van der Waals surface area contributed by atoms with E-state index in [2.05, 4.69) is 28.2 Å². The number of fused-ring (bicyclic) bond motifs is 1. The van der Waals surface area contributed by atoms with E-state index in [9.17, 15) is 0 Å². The molecule has 2 aromatic heterocycles. The fraction of sp³-hybridized carbons (Fsp3) is 0.368. The van der Waals surface area contributed by atoms with Crippen LogP contribution in [0.4, 0.5) is 0 Å². The highest BCUT2D eigenvalue weighted by molar-refractivity contribution is 5.80. The number of aromatic amines is 1. The lowest BCUT2D eigenvalue weighted by Crippen LogP contribution is -2.10. The van der Waals surface area contributed by atoms with Crippen LogP contribution in [0.15, 0.2) is 42.6 Å². The molecule has 1 N–H and O–H groups in total. The molecule has 0 radical (unpaired) electrons. The standard InChI is InChI=1S/C19H19N3O/c1-2-11-20-16(5-1)18(23-13-9-10-13)14-4-3-6-15-17(14)22-19(21-15)12-7-8-12/h1-6,11-13,18H,7-10H2,(H,21,22). The maximum Gasteiger partial charge on any atom is 0.127 e. The highest BCUT2D eigenvalue weighted by Gasteiger charge is 2.31. The van der Waals surface area contributed by atoms with Crippen LogP contribution in [0.25, 0.3) is 11.0 Å². The lowest BCUT2D eigenvalue weighted by atomic mass is 10.0. The monoisotopic (exact) mass is 305 g/mol. The zero-order chi connectivity index (χ0) is 15.2. The minimum atomic E-state index is -0.136. The van der Waals surface area contributed by atoms with Crippen molar-refractivity contribution in [3.8, 4) is 0 Å². The highest BCUT2D eigenvalue weighted by atomic mass is 16.5. The minimum Gasteiger partial charge on any atom is -0.364 e. The first-order valence-electron chi connectivity index (χ1n) is 8.43. The summed E-state index contributed by atoms with van der Waals surface area (Å²) >= 11 is 0. The van der Waals surface area contributed by atoms with Gasteiger partial charge in [-0.25, -0.2) is 4.98 Å². The van der Waals surface area contributed by atoms with Crippen molar-refractivity contribution >= 4 is 11.0 Å². The number of nitrogens with one attached hydrogen (secondary N) is 1. The Kier molecular flexibility index (Phi) is 2.98. The molecule has 2 heterocycles. The SMILES string of the molecule is c1ccc(C(OC2CC2)c2cccc3[nH]c(C4CC4)nc23)nc1. The van der Waals surface area contributed by atoms with E-state index in [0.717, 1.165) is 41.0 Å². The second-order valence-electron chi connectivity index (χ2n) is 6.61. The molecule has 2 fully saturated rings. The van der Waals surface area contributed by atoms with Crippen LogP contribution >= 0.6 is 0 Å². The molecule has 0 amide bonds. The molecule has 1 atom stereocenters. The molecule has 3 aromatic rings. The van der Waals surface area contributed by atoms with Gasteiger partial charge in [-0.05, 0) is 43.9 Å². The summed E-state index contributed by atoms with van der Waals surface area (Å²) in [4.78, 5) is 12.9. The number of ether oxygens (including phenoxy) is 1. The number of hydrogen-bond acceptors (Lipinski definition) is 3. The molecule has 0 saturated heterocycles. The molecule has 0 bridgehead atoms. The van der Waals surface area contributed by atoms with Crippen LogP contribution in [0.5, 0.6) is 0 Å². The maximum absolute atomic E-state index is 6.31. The smallest absolute Gasteiger partial charge is 0.127 e. The number of benzene rings is 1. The summed E-state index contributed by atoms with van der Waals surface area (Å²) in [5.74, 6) is 1.74. The second-order valence-corrected chi connectivity index (χ2v) is 6.61. The van der Waals surface area contributed by atoms with Crippen molar-refractivity contribution in [2.24, 2.45) is 0 Å². The topological polar surface area (TPSA) is 50.8 Å². The van der Waals surface area contributed by atoms with E-state index in [1.807, 2.05) is 24.4 Å². The zero-order valence-corrected chi connectivity index (χ0v) is 12.9. The molecule has 2 aliphatic rings. The van der Waals surface area contributed by atoms with Crippen LogP contribution in [0, 0.1) is 0 Å². The van der Waals surface area contributed by atoms with Crippen LogP contribution in [0.2, 0.25) is 0 Å². The lowest BCUT2D eigenvalue weighted by molar-refractivity contribution is 0.0641. The van der Waals surface area contributed by atoms with Gasteiger partial charge in [-0.3, -0.25) is 4.98 Å². The molecular weight excluding hydrogens is 286 g/mol. The summed E-state index contributed by atoms with van der Waals surface area (Å²) < 4.78 is 6.31. The Labute approximate surface area is 134 Å². The first-order chi connectivity index (χ1) is 11.4. The van der Waals surface area contributed by atoms with Crippen molar-refractivity contribution in [1.82, 2.24) is 15.0 Å². The largest absolute Gasteiger partial charge is 0.364 e. The Morgan fingerprint density at radius 3 is 2.70 bits per heavy atom. The second kappa shape index (κ2) is 5.17. The van der Waals surface area contributed by atoms with Gasteiger partial charge in [0, 0.05) is 17.7 Å². The quantitative estimate of drug-likeness (QED) is 0.772. The van der Waals surface area contributed by atoms with Gasteiger partial charge in [0.2, 0.25) is 0 Å². The van der Waals surface area contributed by atoms with Crippen LogP contribution in [0.3, 0.4) is 0 Å². The third-order valence-corrected chi connectivity index (χ3v) is 4.62. The van der Waals surface area contributed by atoms with Gasteiger partial charge < -0.3 is 9.72 Å². The molecular formula is C19H19N3O.